The lowest BCUT2D eigenvalue weighted by molar-refractivity contribution is -0.121. The first-order valence-corrected chi connectivity index (χ1v) is 10.5. The number of anilines is 2. The van der Waals surface area contributed by atoms with Crippen molar-refractivity contribution in [1.29, 1.82) is 0 Å². The molecule has 0 unspecified atom stereocenters. The van der Waals surface area contributed by atoms with Crippen molar-refractivity contribution in [3.05, 3.63) is 59.9 Å². The fraction of sp³-hybridized carbons (Fsp3) is 0.458. The summed E-state index contributed by atoms with van der Waals surface area (Å²) in [5.74, 6) is 0.0943. The van der Waals surface area contributed by atoms with E-state index in [1.165, 1.54) is 11.8 Å². The zero-order chi connectivity index (χ0) is 20.6. The molecule has 0 saturated carbocycles. The lowest BCUT2D eigenvalue weighted by Gasteiger charge is -2.47. The first-order chi connectivity index (χ1) is 13.8. The number of hydrogen-bond acceptors (Lipinski definition) is 3. The second-order valence-electron chi connectivity index (χ2n) is 8.95. The molecule has 1 atom stereocenters. The summed E-state index contributed by atoms with van der Waals surface area (Å²) in [6, 6.07) is 15.2. The molecule has 2 aromatic rings. The molecule has 1 amide bonds. The molecule has 2 aliphatic rings. The van der Waals surface area contributed by atoms with Crippen molar-refractivity contribution in [1.82, 2.24) is 4.90 Å². The molecular formula is C24H30FN3O. The van der Waals surface area contributed by atoms with Crippen LogP contribution in [0.25, 0.3) is 0 Å². The number of nitrogens with zero attached hydrogens (tertiary/aromatic N) is 3. The van der Waals surface area contributed by atoms with Gasteiger partial charge in [-0.05, 0) is 62.1 Å². The molecule has 1 fully saturated rings. The highest BCUT2D eigenvalue weighted by Crippen LogP contribution is 2.43. The topological polar surface area (TPSA) is 26.8 Å². The number of hydrogen-bond donors (Lipinski definition) is 0. The average molecular weight is 396 g/mol. The Morgan fingerprint density at radius 1 is 1.07 bits per heavy atom. The van der Waals surface area contributed by atoms with Crippen LogP contribution in [0.1, 0.15) is 38.7 Å². The SMILES string of the molecule is C[C@H]1CC(C)(C)N(C(=O)CN2CCN(c3ccccc3)CC2)c2ccc(F)cc21. The Morgan fingerprint density at radius 2 is 1.76 bits per heavy atom. The molecule has 29 heavy (non-hydrogen) atoms. The summed E-state index contributed by atoms with van der Waals surface area (Å²) in [4.78, 5) is 19.9. The predicted molar refractivity (Wildman–Crippen MR) is 116 cm³/mol. The Kier molecular flexibility index (Phi) is 5.34. The second kappa shape index (κ2) is 7.79. The minimum Gasteiger partial charge on any atom is -0.369 e. The van der Waals surface area contributed by atoms with Crippen LogP contribution in [0.15, 0.2) is 48.5 Å². The van der Waals surface area contributed by atoms with Gasteiger partial charge in [0.05, 0.1) is 6.54 Å². The summed E-state index contributed by atoms with van der Waals surface area (Å²) in [5, 5.41) is 0. The lowest BCUT2D eigenvalue weighted by Crippen LogP contribution is -2.56. The van der Waals surface area contributed by atoms with Gasteiger partial charge in [-0.15, -0.1) is 0 Å². The Bertz CT molecular complexity index is 875. The molecule has 4 rings (SSSR count). The van der Waals surface area contributed by atoms with Gasteiger partial charge in [0.25, 0.3) is 0 Å². The largest absolute Gasteiger partial charge is 0.369 e. The molecule has 4 nitrogen and oxygen atoms in total. The summed E-state index contributed by atoms with van der Waals surface area (Å²) in [7, 11) is 0. The summed E-state index contributed by atoms with van der Waals surface area (Å²) >= 11 is 0. The third-order valence-electron chi connectivity index (χ3n) is 6.27. The Labute approximate surface area is 172 Å². The van der Waals surface area contributed by atoms with Gasteiger partial charge in [0, 0.05) is 43.1 Å². The van der Waals surface area contributed by atoms with Crippen LogP contribution in [0.5, 0.6) is 0 Å². The number of benzene rings is 2. The maximum absolute atomic E-state index is 13.8. The van der Waals surface area contributed by atoms with Crippen molar-refractivity contribution in [3.63, 3.8) is 0 Å². The van der Waals surface area contributed by atoms with E-state index in [9.17, 15) is 9.18 Å². The number of carbonyl (C=O) groups excluding carboxylic acids is 1. The van der Waals surface area contributed by atoms with Crippen molar-refractivity contribution in [2.45, 2.75) is 38.6 Å². The third-order valence-corrected chi connectivity index (χ3v) is 6.27. The first kappa shape index (κ1) is 19.9. The van der Waals surface area contributed by atoms with E-state index >= 15 is 0 Å². The van der Waals surface area contributed by atoms with Crippen molar-refractivity contribution >= 4 is 17.3 Å². The summed E-state index contributed by atoms with van der Waals surface area (Å²) < 4.78 is 13.8. The van der Waals surface area contributed by atoms with E-state index in [0.29, 0.717) is 6.54 Å². The van der Waals surface area contributed by atoms with Gasteiger partial charge < -0.3 is 9.80 Å². The van der Waals surface area contributed by atoms with E-state index in [-0.39, 0.29) is 23.2 Å². The summed E-state index contributed by atoms with van der Waals surface area (Å²) in [5.41, 5.74) is 2.75. The normalized spacial score (nSPS) is 21.7. The summed E-state index contributed by atoms with van der Waals surface area (Å²) in [6.45, 7) is 10.3. The number of piperazine rings is 1. The third kappa shape index (κ3) is 4.01. The molecule has 0 aliphatic carbocycles. The number of carbonyl (C=O) groups is 1. The van der Waals surface area contributed by atoms with E-state index in [1.807, 2.05) is 11.0 Å². The minimum absolute atomic E-state index is 0.0999. The van der Waals surface area contributed by atoms with Crippen LogP contribution >= 0.6 is 0 Å². The molecule has 0 aromatic heterocycles. The van der Waals surface area contributed by atoms with Gasteiger partial charge >= 0.3 is 0 Å². The van der Waals surface area contributed by atoms with Gasteiger partial charge in [0.2, 0.25) is 5.91 Å². The molecule has 2 heterocycles. The fourth-order valence-electron chi connectivity index (χ4n) is 4.94. The van der Waals surface area contributed by atoms with Crippen LogP contribution in [0.2, 0.25) is 0 Å². The highest BCUT2D eigenvalue weighted by molar-refractivity contribution is 5.97. The van der Waals surface area contributed by atoms with Crippen molar-refractivity contribution < 1.29 is 9.18 Å². The molecule has 0 radical (unpaired) electrons. The standard InChI is InChI=1S/C24H30FN3O/c1-18-16-24(2,3)28(22-10-9-19(25)15-21(18)22)23(29)17-26-11-13-27(14-12-26)20-7-5-4-6-8-20/h4-10,15,18H,11-14,16-17H2,1-3H3/t18-/m0/s1. The average Bonchev–Trinajstić information content (AvgIpc) is 2.69. The van der Waals surface area contributed by atoms with E-state index in [1.54, 1.807) is 12.1 Å². The minimum atomic E-state index is -0.285. The molecule has 154 valence electrons. The van der Waals surface area contributed by atoms with E-state index in [2.05, 4.69) is 54.8 Å². The number of para-hydroxylation sites is 1. The second-order valence-corrected chi connectivity index (χ2v) is 8.95. The van der Waals surface area contributed by atoms with Gasteiger partial charge in [-0.2, -0.15) is 0 Å². The molecule has 2 aromatic carbocycles. The molecule has 0 bridgehead atoms. The van der Waals surface area contributed by atoms with E-state index in [4.69, 9.17) is 0 Å². The molecule has 5 heteroatoms. The summed E-state index contributed by atoms with van der Waals surface area (Å²) in [6.07, 6.45) is 0.830. The van der Waals surface area contributed by atoms with Gasteiger partial charge in [-0.25, -0.2) is 4.39 Å². The Hall–Kier alpha value is -2.40. The number of halogens is 1. The molecule has 0 spiro atoms. The Balaban J connectivity index is 1.46. The number of amides is 1. The maximum atomic E-state index is 13.8. The zero-order valence-corrected chi connectivity index (χ0v) is 17.6. The van der Waals surface area contributed by atoms with Gasteiger partial charge in [-0.1, -0.05) is 25.1 Å². The van der Waals surface area contributed by atoms with Gasteiger partial charge in [-0.3, -0.25) is 9.69 Å². The van der Waals surface area contributed by atoms with Gasteiger partial charge in [0.15, 0.2) is 0 Å². The molecule has 0 N–H and O–H groups in total. The smallest absolute Gasteiger partial charge is 0.241 e. The predicted octanol–water partition coefficient (Wildman–Crippen LogP) is 4.27. The van der Waals surface area contributed by atoms with Crippen LogP contribution in [-0.4, -0.2) is 49.1 Å². The van der Waals surface area contributed by atoms with Crippen LogP contribution in [0, 0.1) is 5.82 Å². The van der Waals surface area contributed by atoms with E-state index in [0.717, 1.165) is 43.9 Å². The quantitative estimate of drug-likeness (QED) is 0.777. The molecular weight excluding hydrogens is 365 g/mol. The van der Waals surface area contributed by atoms with Crippen LogP contribution in [0.4, 0.5) is 15.8 Å². The van der Waals surface area contributed by atoms with Crippen molar-refractivity contribution in [2.75, 3.05) is 42.5 Å². The number of fused-ring (bicyclic) bond motifs is 1. The monoisotopic (exact) mass is 395 g/mol. The highest BCUT2D eigenvalue weighted by atomic mass is 19.1. The Morgan fingerprint density at radius 3 is 2.45 bits per heavy atom. The van der Waals surface area contributed by atoms with Crippen molar-refractivity contribution in [2.24, 2.45) is 0 Å². The van der Waals surface area contributed by atoms with Crippen LogP contribution in [-0.2, 0) is 4.79 Å². The highest BCUT2D eigenvalue weighted by Gasteiger charge is 2.40. The fourth-order valence-corrected chi connectivity index (χ4v) is 4.94. The van der Waals surface area contributed by atoms with Crippen LogP contribution < -0.4 is 9.80 Å². The lowest BCUT2D eigenvalue weighted by atomic mass is 9.80. The van der Waals surface area contributed by atoms with Crippen LogP contribution in [0.3, 0.4) is 0 Å². The maximum Gasteiger partial charge on any atom is 0.241 e. The molecule has 2 aliphatic heterocycles. The number of rotatable bonds is 3. The van der Waals surface area contributed by atoms with Crippen molar-refractivity contribution in [3.8, 4) is 0 Å². The van der Waals surface area contributed by atoms with Gasteiger partial charge in [0.1, 0.15) is 5.82 Å². The zero-order valence-electron chi connectivity index (χ0n) is 17.6. The molecule has 1 saturated heterocycles. The van der Waals surface area contributed by atoms with E-state index < -0.39 is 0 Å². The first-order valence-electron chi connectivity index (χ1n) is 10.5.